The van der Waals surface area contributed by atoms with Gasteiger partial charge in [-0.25, -0.2) is 0 Å². The van der Waals surface area contributed by atoms with Crippen LogP contribution in [0.2, 0.25) is 0 Å². The van der Waals surface area contributed by atoms with Crippen LogP contribution in [0.3, 0.4) is 0 Å². The van der Waals surface area contributed by atoms with E-state index in [9.17, 15) is 0 Å². The van der Waals surface area contributed by atoms with Gasteiger partial charge in [0.25, 0.3) is 0 Å². The van der Waals surface area contributed by atoms with Gasteiger partial charge in [0, 0.05) is 5.56 Å². The highest BCUT2D eigenvalue weighted by Crippen LogP contribution is 2.46. The predicted octanol–water partition coefficient (Wildman–Crippen LogP) is 3.40. The number of hydrogen-bond acceptors (Lipinski definition) is 3. The lowest BCUT2D eigenvalue weighted by molar-refractivity contribution is 0.174. The molecule has 0 aliphatic carbocycles. The Kier molecular flexibility index (Phi) is 4.20. The maximum absolute atomic E-state index is 6.11. The van der Waals surface area contributed by atoms with Crippen molar-refractivity contribution in [3.05, 3.63) is 90.0 Å². The van der Waals surface area contributed by atoms with Gasteiger partial charge in [0.2, 0.25) is 6.79 Å². The van der Waals surface area contributed by atoms with E-state index in [2.05, 4.69) is 92.7 Å². The molecular weight excluding hydrogens is 412 g/mol. The number of benzene rings is 4. The predicted molar refractivity (Wildman–Crippen MR) is 131 cm³/mol. The van der Waals surface area contributed by atoms with Gasteiger partial charge >= 0.3 is 0 Å². The lowest BCUT2D eigenvalue weighted by atomic mass is 10.0. The molecule has 0 saturated heterocycles. The van der Waals surface area contributed by atoms with Crippen molar-refractivity contribution >= 4 is 28.8 Å². The second-order valence-electron chi connectivity index (χ2n) is 8.53. The van der Waals surface area contributed by atoms with Crippen LogP contribution in [-0.2, 0) is 0 Å². The fourth-order valence-corrected chi connectivity index (χ4v) is 10.9. The Morgan fingerprint density at radius 1 is 0.719 bits per heavy atom. The van der Waals surface area contributed by atoms with Gasteiger partial charge in [0.05, 0.1) is 7.11 Å². The van der Waals surface area contributed by atoms with Gasteiger partial charge in [-0.3, -0.25) is 0 Å². The van der Waals surface area contributed by atoms with Gasteiger partial charge in [-0.1, -0.05) is 72.8 Å². The number of hydrogen-bond donors (Lipinski definition) is 0. The minimum atomic E-state index is -2.56. The second-order valence-corrected chi connectivity index (χ2v) is 12.3. The molecule has 32 heavy (non-hydrogen) atoms. The number of rotatable bonds is 3. The first-order valence-electron chi connectivity index (χ1n) is 10.9. The van der Waals surface area contributed by atoms with Crippen LogP contribution in [0.4, 0.5) is 0 Å². The summed E-state index contributed by atoms with van der Waals surface area (Å²) in [5.74, 6) is 2.63. The van der Waals surface area contributed by atoms with E-state index in [1.165, 1.54) is 26.3 Å². The van der Waals surface area contributed by atoms with E-state index in [1.54, 1.807) is 7.11 Å². The summed E-state index contributed by atoms with van der Waals surface area (Å²) in [4.78, 5) is 0. The van der Waals surface area contributed by atoms with Gasteiger partial charge in [-0.15, -0.1) is 0 Å². The van der Waals surface area contributed by atoms with Crippen LogP contribution >= 0.6 is 0 Å². The Bertz CT molecular complexity index is 1310. The Morgan fingerprint density at radius 2 is 1.31 bits per heavy atom. The standard InChI is InChI=1S/C28H24O3Si/c1-18-14-24-22(16-23(18)29-3)26-25(15-19(2)27-28(26)31-17-30-27)32(24,20-10-6-4-7-11-20)21-12-8-5-9-13-21/h4-16H,17H2,1-3H3. The third-order valence-corrected chi connectivity index (χ3v) is 11.7. The third-order valence-electron chi connectivity index (χ3n) is 6.85. The van der Waals surface area contributed by atoms with Crippen molar-refractivity contribution in [2.45, 2.75) is 13.8 Å². The lowest BCUT2D eigenvalue weighted by Crippen LogP contribution is -2.72. The molecule has 0 amide bonds. The summed E-state index contributed by atoms with van der Waals surface area (Å²) >= 11 is 0. The quantitative estimate of drug-likeness (QED) is 0.406. The molecule has 0 spiro atoms. The molecular formula is C28H24O3Si. The highest BCUT2D eigenvalue weighted by atomic mass is 28.3. The summed E-state index contributed by atoms with van der Waals surface area (Å²) in [5, 5.41) is 5.48. The average molecular weight is 437 g/mol. The highest BCUT2D eigenvalue weighted by Gasteiger charge is 2.51. The van der Waals surface area contributed by atoms with E-state index >= 15 is 0 Å². The summed E-state index contributed by atoms with van der Waals surface area (Å²) in [6.45, 7) is 4.51. The molecule has 0 bridgehead atoms. The van der Waals surface area contributed by atoms with E-state index in [-0.39, 0.29) is 6.79 Å². The van der Waals surface area contributed by atoms with Gasteiger partial charge in [-0.2, -0.15) is 0 Å². The third kappa shape index (κ3) is 2.41. The van der Waals surface area contributed by atoms with Crippen molar-refractivity contribution in [2.24, 2.45) is 0 Å². The first-order valence-corrected chi connectivity index (χ1v) is 12.9. The fourth-order valence-electron chi connectivity index (χ4n) is 5.53. The van der Waals surface area contributed by atoms with Crippen molar-refractivity contribution in [3.63, 3.8) is 0 Å². The molecule has 4 heteroatoms. The molecule has 2 aliphatic heterocycles. The maximum atomic E-state index is 6.11. The van der Waals surface area contributed by atoms with Gasteiger partial charge < -0.3 is 14.2 Å². The fraction of sp³-hybridized carbons (Fsp3) is 0.143. The van der Waals surface area contributed by atoms with E-state index in [4.69, 9.17) is 14.2 Å². The summed E-state index contributed by atoms with van der Waals surface area (Å²) in [5.41, 5.74) is 4.63. The molecule has 0 radical (unpaired) electrons. The van der Waals surface area contributed by atoms with E-state index in [1.807, 2.05) is 0 Å². The van der Waals surface area contributed by atoms with Crippen LogP contribution < -0.4 is 35.0 Å². The Labute approximate surface area is 189 Å². The highest BCUT2D eigenvalue weighted by molar-refractivity contribution is 7.22. The maximum Gasteiger partial charge on any atom is 0.231 e. The molecule has 2 aliphatic rings. The molecule has 0 saturated carbocycles. The second kappa shape index (κ2) is 7.00. The average Bonchev–Trinajstić information content (AvgIpc) is 3.42. The van der Waals surface area contributed by atoms with Crippen molar-refractivity contribution in [1.82, 2.24) is 0 Å². The monoisotopic (exact) mass is 436 g/mol. The zero-order valence-corrected chi connectivity index (χ0v) is 19.4. The molecule has 3 nitrogen and oxygen atoms in total. The molecule has 0 atom stereocenters. The molecule has 0 unspecified atom stereocenters. The summed E-state index contributed by atoms with van der Waals surface area (Å²) < 4.78 is 17.7. The first kappa shape index (κ1) is 19.2. The molecule has 0 fully saturated rings. The van der Waals surface area contributed by atoms with Crippen LogP contribution in [0.5, 0.6) is 17.2 Å². The van der Waals surface area contributed by atoms with Crippen LogP contribution in [0.25, 0.3) is 11.1 Å². The zero-order chi connectivity index (χ0) is 21.9. The van der Waals surface area contributed by atoms with Gasteiger partial charge in [0.15, 0.2) is 19.6 Å². The molecule has 6 rings (SSSR count). The van der Waals surface area contributed by atoms with Crippen molar-refractivity contribution in [3.8, 4) is 28.4 Å². The molecule has 158 valence electrons. The zero-order valence-electron chi connectivity index (χ0n) is 18.4. The number of methoxy groups -OCH3 is 1. The number of aryl methyl sites for hydroxylation is 2. The molecule has 2 heterocycles. The topological polar surface area (TPSA) is 27.7 Å². The van der Waals surface area contributed by atoms with Gasteiger partial charge in [0.1, 0.15) is 5.75 Å². The Morgan fingerprint density at radius 3 is 1.94 bits per heavy atom. The Hall–Kier alpha value is -3.50. The first-order chi connectivity index (χ1) is 15.7. The van der Waals surface area contributed by atoms with E-state index in [0.717, 1.165) is 33.9 Å². The molecule has 4 aromatic carbocycles. The van der Waals surface area contributed by atoms with E-state index in [0.29, 0.717) is 0 Å². The number of ether oxygens (including phenoxy) is 3. The van der Waals surface area contributed by atoms with Crippen molar-refractivity contribution in [1.29, 1.82) is 0 Å². The molecule has 0 aromatic heterocycles. The van der Waals surface area contributed by atoms with Crippen LogP contribution in [0.15, 0.2) is 78.9 Å². The molecule has 0 N–H and O–H groups in total. The van der Waals surface area contributed by atoms with Crippen LogP contribution in [-0.4, -0.2) is 22.0 Å². The largest absolute Gasteiger partial charge is 0.496 e. The SMILES string of the molecule is COc1cc2c(cc1C)[Si](c1ccccc1)(c1ccccc1)c1cc(C)c3c(c1-2)OCO3. The smallest absolute Gasteiger partial charge is 0.231 e. The van der Waals surface area contributed by atoms with E-state index < -0.39 is 8.07 Å². The number of fused-ring (bicyclic) bond motifs is 5. The van der Waals surface area contributed by atoms with Crippen LogP contribution in [0.1, 0.15) is 11.1 Å². The van der Waals surface area contributed by atoms with Crippen LogP contribution in [0, 0.1) is 13.8 Å². The Balaban J connectivity index is 1.84. The normalized spacial score (nSPS) is 14.7. The summed E-state index contributed by atoms with van der Waals surface area (Å²) in [6, 6.07) is 28.8. The van der Waals surface area contributed by atoms with Crippen molar-refractivity contribution in [2.75, 3.05) is 13.9 Å². The van der Waals surface area contributed by atoms with Crippen molar-refractivity contribution < 1.29 is 14.2 Å². The van der Waals surface area contributed by atoms with Gasteiger partial charge in [-0.05, 0) is 57.4 Å². The summed E-state index contributed by atoms with van der Waals surface area (Å²) in [7, 11) is -0.819. The summed E-state index contributed by atoms with van der Waals surface area (Å²) in [6.07, 6.45) is 0. The minimum Gasteiger partial charge on any atom is -0.496 e. The lowest BCUT2D eigenvalue weighted by Gasteiger charge is -2.31. The molecule has 4 aromatic rings. The minimum absolute atomic E-state index is 0.260.